The van der Waals surface area contributed by atoms with Crippen molar-refractivity contribution in [1.82, 2.24) is 9.80 Å². The van der Waals surface area contributed by atoms with Crippen molar-refractivity contribution < 1.29 is 19.0 Å². The van der Waals surface area contributed by atoms with Crippen molar-refractivity contribution in [3.63, 3.8) is 0 Å². The number of hydrogen-bond acceptors (Lipinski definition) is 4. The largest absolute Gasteiger partial charge is 0.387 e. The highest BCUT2D eigenvalue weighted by Crippen LogP contribution is 2.51. The standard InChI is InChI=1S/C19H25FN2O3/c20-16-4-2-1-3-15(16)19(5-6-19)17(23)22-8-7-18(24,14-22)13-21-9-11-25-12-10-21/h1-4,24H,5-14H2/t18-/m0/s1. The van der Waals surface area contributed by atoms with E-state index in [1.807, 2.05) is 0 Å². The highest BCUT2D eigenvalue weighted by atomic mass is 19.1. The summed E-state index contributed by atoms with van der Waals surface area (Å²) in [4.78, 5) is 17.0. The first-order chi connectivity index (χ1) is 12.0. The Labute approximate surface area is 147 Å². The molecule has 0 aromatic heterocycles. The summed E-state index contributed by atoms with van der Waals surface area (Å²) in [5.41, 5.74) is -1.09. The normalized spacial score (nSPS) is 29.0. The lowest BCUT2D eigenvalue weighted by molar-refractivity contribution is -0.134. The monoisotopic (exact) mass is 348 g/mol. The lowest BCUT2D eigenvalue weighted by Gasteiger charge is -2.34. The third-order valence-corrected chi connectivity index (χ3v) is 5.79. The predicted molar refractivity (Wildman–Crippen MR) is 90.7 cm³/mol. The fourth-order valence-corrected chi connectivity index (χ4v) is 4.21. The molecule has 1 aromatic carbocycles. The predicted octanol–water partition coefficient (Wildman–Crippen LogP) is 1.15. The van der Waals surface area contributed by atoms with Gasteiger partial charge in [0.05, 0.1) is 30.8 Å². The molecular formula is C19H25FN2O3. The number of nitrogens with zero attached hydrogens (tertiary/aromatic N) is 2. The molecule has 5 nitrogen and oxygen atoms in total. The van der Waals surface area contributed by atoms with Gasteiger partial charge in [-0.2, -0.15) is 0 Å². The van der Waals surface area contributed by atoms with Gasteiger partial charge in [-0.3, -0.25) is 9.69 Å². The maximum absolute atomic E-state index is 14.2. The maximum Gasteiger partial charge on any atom is 0.233 e. The zero-order valence-corrected chi connectivity index (χ0v) is 14.4. The van der Waals surface area contributed by atoms with Crippen molar-refractivity contribution in [2.45, 2.75) is 30.3 Å². The van der Waals surface area contributed by atoms with E-state index in [0.717, 1.165) is 13.1 Å². The lowest BCUT2D eigenvalue weighted by Crippen LogP contribution is -2.50. The summed E-state index contributed by atoms with van der Waals surface area (Å²) in [6.45, 7) is 4.44. The van der Waals surface area contributed by atoms with Crippen LogP contribution in [0.3, 0.4) is 0 Å². The second-order valence-corrected chi connectivity index (χ2v) is 7.65. The third kappa shape index (κ3) is 3.18. The lowest BCUT2D eigenvalue weighted by atomic mass is 9.93. The molecule has 1 amide bonds. The Bertz CT molecular complexity index is 658. The second kappa shape index (κ2) is 6.34. The van der Waals surface area contributed by atoms with Gasteiger partial charge in [0.2, 0.25) is 5.91 Å². The molecule has 0 unspecified atom stereocenters. The number of morpholine rings is 1. The number of β-amino-alcohol motifs (C(OH)–C–C–N with tert-alkyl or cyclic N) is 1. The van der Waals surface area contributed by atoms with Gasteiger partial charge in [0.1, 0.15) is 5.82 Å². The van der Waals surface area contributed by atoms with Gasteiger partial charge in [0, 0.05) is 31.7 Å². The summed E-state index contributed by atoms with van der Waals surface area (Å²) in [5.74, 6) is -0.341. The molecule has 6 heteroatoms. The molecule has 1 saturated carbocycles. The molecule has 0 spiro atoms. The molecule has 2 aliphatic heterocycles. The van der Waals surface area contributed by atoms with Crippen LogP contribution in [-0.4, -0.2) is 72.4 Å². The van der Waals surface area contributed by atoms with Crippen LogP contribution < -0.4 is 0 Å². The number of benzene rings is 1. The Kier molecular flexibility index (Phi) is 4.30. The molecule has 1 atom stereocenters. The minimum Gasteiger partial charge on any atom is -0.387 e. The van der Waals surface area contributed by atoms with Crippen molar-refractivity contribution >= 4 is 5.91 Å². The van der Waals surface area contributed by atoms with E-state index in [9.17, 15) is 14.3 Å². The molecule has 2 heterocycles. The Morgan fingerprint density at radius 3 is 2.56 bits per heavy atom. The van der Waals surface area contributed by atoms with Gasteiger partial charge in [-0.05, 0) is 25.3 Å². The average Bonchev–Trinajstić information content (AvgIpc) is 3.33. The minimum absolute atomic E-state index is 0.0319. The number of likely N-dealkylation sites (tertiary alicyclic amines) is 1. The molecule has 2 saturated heterocycles. The van der Waals surface area contributed by atoms with Gasteiger partial charge in [-0.1, -0.05) is 18.2 Å². The van der Waals surface area contributed by atoms with Gasteiger partial charge < -0.3 is 14.7 Å². The number of carbonyl (C=O) groups excluding carboxylic acids is 1. The second-order valence-electron chi connectivity index (χ2n) is 7.65. The molecular weight excluding hydrogens is 323 g/mol. The Hall–Kier alpha value is -1.50. The van der Waals surface area contributed by atoms with Crippen molar-refractivity contribution in [2.24, 2.45) is 0 Å². The summed E-state index contributed by atoms with van der Waals surface area (Å²) in [5, 5.41) is 10.9. The first kappa shape index (κ1) is 16.9. The van der Waals surface area contributed by atoms with Gasteiger partial charge in [-0.25, -0.2) is 4.39 Å². The van der Waals surface area contributed by atoms with Crippen LogP contribution in [0.15, 0.2) is 24.3 Å². The molecule has 0 radical (unpaired) electrons. The van der Waals surface area contributed by atoms with Crippen LogP contribution in [0.2, 0.25) is 0 Å². The van der Waals surface area contributed by atoms with Crippen molar-refractivity contribution in [1.29, 1.82) is 0 Å². The van der Waals surface area contributed by atoms with Crippen LogP contribution in [0, 0.1) is 5.82 Å². The molecule has 3 fully saturated rings. The zero-order chi connectivity index (χ0) is 17.5. The van der Waals surface area contributed by atoms with Crippen LogP contribution >= 0.6 is 0 Å². The third-order valence-electron chi connectivity index (χ3n) is 5.79. The minimum atomic E-state index is -0.877. The smallest absolute Gasteiger partial charge is 0.233 e. The van der Waals surface area contributed by atoms with Gasteiger partial charge >= 0.3 is 0 Å². The number of hydrogen-bond donors (Lipinski definition) is 1. The Balaban J connectivity index is 1.44. The fourth-order valence-electron chi connectivity index (χ4n) is 4.21. The van der Waals surface area contributed by atoms with E-state index in [-0.39, 0.29) is 11.7 Å². The van der Waals surface area contributed by atoms with Gasteiger partial charge in [0.15, 0.2) is 0 Å². The molecule has 1 N–H and O–H groups in total. The van der Waals surface area contributed by atoms with E-state index in [1.165, 1.54) is 6.07 Å². The SMILES string of the molecule is O=C(N1CC[C@](O)(CN2CCOCC2)C1)C1(c2ccccc2F)CC1. The maximum atomic E-state index is 14.2. The fraction of sp³-hybridized carbons (Fsp3) is 0.632. The summed E-state index contributed by atoms with van der Waals surface area (Å²) in [6.07, 6.45) is 1.94. The Morgan fingerprint density at radius 1 is 1.16 bits per heavy atom. The molecule has 136 valence electrons. The molecule has 3 aliphatic rings. The van der Waals surface area contributed by atoms with Crippen LogP contribution in [0.5, 0.6) is 0 Å². The van der Waals surface area contributed by atoms with E-state index < -0.39 is 11.0 Å². The van der Waals surface area contributed by atoms with Crippen molar-refractivity contribution in [2.75, 3.05) is 45.9 Å². The molecule has 1 aliphatic carbocycles. The summed E-state index contributed by atoms with van der Waals surface area (Å²) in [7, 11) is 0. The number of halogens is 1. The van der Waals surface area contributed by atoms with Crippen molar-refractivity contribution in [3.8, 4) is 0 Å². The number of aliphatic hydroxyl groups is 1. The molecule has 4 rings (SSSR count). The number of ether oxygens (including phenoxy) is 1. The molecule has 25 heavy (non-hydrogen) atoms. The van der Waals surface area contributed by atoms with E-state index in [1.54, 1.807) is 23.1 Å². The van der Waals surface area contributed by atoms with Crippen LogP contribution in [0.1, 0.15) is 24.8 Å². The first-order valence-electron chi connectivity index (χ1n) is 9.09. The topological polar surface area (TPSA) is 53.0 Å². The number of rotatable bonds is 4. The first-order valence-corrected chi connectivity index (χ1v) is 9.09. The van der Waals surface area contributed by atoms with E-state index >= 15 is 0 Å². The zero-order valence-electron chi connectivity index (χ0n) is 14.4. The summed E-state index contributed by atoms with van der Waals surface area (Å²) in [6, 6.07) is 6.57. The van der Waals surface area contributed by atoms with E-state index in [4.69, 9.17) is 4.74 Å². The molecule has 1 aromatic rings. The van der Waals surface area contributed by atoms with E-state index in [0.29, 0.717) is 57.7 Å². The van der Waals surface area contributed by atoms with Crippen LogP contribution in [0.25, 0.3) is 0 Å². The average molecular weight is 348 g/mol. The van der Waals surface area contributed by atoms with Crippen LogP contribution in [-0.2, 0) is 14.9 Å². The van der Waals surface area contributed by atoms with Gasteiger partial charge in [0.25, 0.3) is 0 Å². The van der Waals surface area contributed by atoms with Crippen LogP contribution in [0.4, 0.5) is 4.39 Å². The highest BCUT2D eigenvalue weighted by molar-refractivity contribution is 5.91. The van der Waals surface area contributed by atoms with E-state index in [2.05, 4.69) is 4.90 Å². The van der Waals surface area contributed by atoms with Gasteiger partial charge in [-0.15, -0.1) is 0 Å². The number of carbonyl (C=O) groups is 1. The Morgan fingerprint density at radius 2 is 1.88 bits per heavy atom. The van der Waals surface area contributed by atoms with Crippen molar-refractivity contribution in [3.05, 3.63) is 35.6 Å². The molecule has 0 bridgehead atoms. The summed E-state index contributed by atoms with van der Waals surface area (Å²) < 4.78 is 19.5. The quantitative estimate of drug-likeness (QED) is 0.887. The number of amides is 1. The summed E-state index contributed by atoms with van der Waals surface area (Å²) >= 11 is 0. The highest BCUT2D eigenvalue weighted by Gasteiger charge is 2.56.